The van der Waals surface area contributed by atoms with E-state index in [4.69, 9.17) is 32.5 Å². The molecule has 1 aromatic carbocycles. The van der Waals surface area contributed by atoms with Crippen LogP contribution in [0.1, 0.15) is 28.2 Å². The lowest BCUT2D eigenvalue weighted by molar-refractivity contribution is -0.0276. The first-order chi connectivity index (χ1) is 10.5. The Balaban J connectivity index is 1.77. The van der Waals surface area contributed by atoms with E-state index in [1.54, 1.807) is 30.0 Å². The molecule has 1 amide bonds. The molecule has 1 atom stereocenters. The van der Waals surface area contributed by atoms with Crippen LogP contribution in [0.4, 0.5) is 0 Å². The molecule has 8 heteroatoms. The van der Waals surface area contributed by atoms with E-state index in [2.05, 4.69) is 10.1 Å². The second-order valence-electron chi connectivity index (χ2n) is 4.94. The number of amides is 1. The number of hydrogen-bond acceptors (Lipinski definition) is 5. The number of rotatable bonds is 2. The zero-order chi connectivity index (χ0) is 15.7. The van der Waals surface area contributed by atoms with Gasteiger partial charge in [0, 0.05) is 29.1 Å². The van der Waals surface area contributed by atoms with E-state index < -0.39 is 6.10 Å². The van der Waals surface area contributed by atoms with Gasteiger partial charge in [-0.1, -0.05) is 28.4 Å². The van der Waals surface area contributed by atoms with Gasteiger partial charge in [0.05, 0.1) is 13.2 Å². The number of ether oxygens (including phenoxy) is 1. The van der Waals surface area contributed by atoms with Crippen molar-refractivity contribution in [2.24, 2.45) is 0 Å². The third-order valence-corrected chi connectivity index (χ3v) is 3.73. The van der Waals surface area contributed by atoms with Gasteiger partial charge >= 0.3 is 0 Å². The van der Waals surface area contributed by atoms with Gasteiger partial charge in [0.25, 0.3) is 5.91 Å². The quantitative estimate of drug-likeness (QED) is 0.839. The Hall–Kier alpha value is -1.63. The van der Waals surface area contributed by atoms with Crippen LogP contribution in [0.2, 0.25) is 10.0 Å². The molecule has 6 nitrogen and oxygen atoms in total. The van der Waals surface area contributed by atoms with Crippen molar-refractivity contribution < 1.29 is 14.1 Å². The van der Waals surface area contributed by atoms with Gasteiger partial charge in [-0.25, -0.2) is 0 Å². The zero-order valence-corrected chi connectivity index (χ0v) is 13.3. The molecule has 3 rings (SSSR count). The highest BCUT2D eigenvalue weighted by Gasteiger charge is 2.29. The van der Waals surface area contributed by atoms with Crippen molar-refractivity contribution in [2.45, 2.75) is 13.0 Å². The van der Waals surface area contributed by atoms with Crippen LogP contribution in [0, 0.1) is 6.92 Å². The number of benzene rings is 1. The van der Waals surface area contributed by atoms with E-state index in [1.165, 1.54) is 0 Å². The molecule has 0 radical (unpaired) electrons. The van der Waals surface area contributed by atoms with Gasteiger partial charge in [-0.05, 0) is 18.2 Å². The maximum atomic E-state index is 12.6. The third-order valence-electron chi connectivity index (χ3n) is 3.29. The number of halogens is 2. The Morgan fingerprint density at radius 3 is 2.68 bits per heavy atom. The lowest BCUT2D eigenvalue weighted by Gasteiger charge is -2.31. The summed E-state index contributed by atoms with van der Waals surface area (Å²) in [6.07, 6.45) is -0.398. The van der Waals surface area contributed by atoms with Crippen molar-refractivity contribution in [2.75, 3.05) is 19.7 Å². The minimum Gasteiger partial charge on any atom is -0.366 e. The van der Waals surface area contributed by atoms with Gasteiger partial charge in [-0.15, -0.1) is 0 Å². The van der Waals surface area contributed by atoms with Crippen molar-refractivity contribution >= 4 is 29.1 Å². The fourth-order valence-corrected chi connectivity index (χ4v) is 2.82. The van der Waals surface area contributed by atoms with Crippen molar-refractivity contribution in [3.63, 3.8) is 0 Å². The van der Waals surface area contributed by atoms with E-state index >= 15 is 0 Å². The van der Waals surface area contributed by atoms with Crippen LogP contribution in [0.3, 0.4) is 0 Å². The van der Waals surface area contributed by atoms with Gasteiger partial charge in [0.2, 0.25) is 11.7 Å². The average molecular weight is 342 g/mol. The predicted molar refractivity (Wildman–Crippen MR) is 80.1 cm³/mol. The number of aryl methyl sites for hydroxylation is 1. The lowest BCUT2D eigenvalue weighted by Crippen LogP contribution is -2.42. The Morgan fingerprint density at radius 1 is 1.32 bits per heavy atom. The van der Waals surface area contributed by atoms with Crippen molar-refractivity contribution in [1.29, 1.82) is 0 Å². The normalized spacial score (nSPS) is 18.5. The molecule has 22 heavy (non-hydrogen) atoms. The lowest BCUT2D eigenvalue weighted by atomic mass is 10.1. The van der Waals surface area contributed by atoms with Gasteiger partial charge in [-0.2, -0.15) is 4.98 Å². The first-order valence-corrected chi connectivity index (χ1v) is 7.45. The van der Waals surface area contributed by atoms with Gasteiger partial charge < -0.3 is 14.2 Å². The van der Waals surface area contributed by atoms with Gasteiger partial charge in [0.15, 0.2) is 0 Å². The van der Waals surface area contributed by atoms with Gasteiger partial charge in [0.1, 0.15) is 6.10 Å². The molecule has 1 saturated heterocycles. The Kier molecular flexibility index (Phi) is 4.33. The van der Waals surface area contributed by atoms with Crippen LogP contribution in [0.25, 0.3) is 0 Å². The summed E-state index contributed by atoms with van der Waals surface area (Å²) < 4.78 is 10.6. The number of aromatic nitrogens is 2. The fourth-order valence-electron chi connectivity index (χ4n) is 2.30. The highest BCUT2D eigenvalue weighted by molar-refractivity contribution is 6.35. The predicted octanol–water partition coefficient (Wildman–Crippen LogP) is 2.90. The number of hydrogen-bond donors (Lipinski definition) is 0. The molecular weight excluding hydrogens is 329 g/mol. The minimum absolute atomic E-state index is 0.155. The summed E-state index contributed by atoms with van der Waals surface area (Å²) >= 11 is 11.9. The molecular formula is C14H13Cl2N3O3. The van der Waals surface area contributed by atoms with E-state index in [9.17, 15) is 4.79 Å². The molecule has 0 spiro atoms. The maximum Gasteiger partial charge on any atom is 0.254 e. The summed E-state index contributed by atoms with van der Waals surface area (Å²) in [5.41, 5.74) is 0.447. The third kappa shape index (κ3) is 3.24. The Morgan fingerprint density at radius 2 is 2.05 bits per heavy atom. The fraction of sp³-hybridized carbons (Fsp3) is 0.357. The zero-order valence-electron chi connectivity index (χ0n) is 11.8. The molecule has 0 bridgehead atoms. The molecule has 1 aliphatic rings. The SMILES string of the molecule is Cc1nc(C2CN(C(=O)c3cc(Cl)cc(Cl)c3)CCO2)no1. The summed E-state index contributed by atoms with van der Waals surface area (Å²) in [5.74, 6) is 0.751. The van der Waals surface area contributed by atoms with E-state index in [-0.39, 0.29) is 5.91 Å². The highest BCUT2D eigenvalue weighted by Crippen LogP contribution is 2.24. The van der Waals surface area contributed by atoms with Crippen LogP contribution >= 0.6 is 23.2 Å². The smallest absolute Gasteiger partial charge is 0.254 e. The molecule has 1 unspecified atom stereocenters. The maximum absolute atomic E-state index is 12.6. The molecule has 2 heterocycles. The Bertz CT molecular complexity index is 684. The first-order valence-electron chi connectivity index (χ1n) is 6.70. The highest BCUT2D eigenvalue weighted by atomic mass is 35.5. The molecule has 0 saturated carbocycles. The topological polar surface area (TPSA) is 68.5 Å². The molecule has 1 fully saturated rings. The standard InChI is InChI=1S/C14H13Cl2N3O3/c1-8-17-13(18-22-8)12-7-19(2-3-21-12)14(20)9-4-10(15)6-11(16)5-9/h4-6,12H,2-3,7H2,1H3. The van der Waals surface area contributed by atoms with Crippen LogP contribution in [-0.2, 0) is 4.74 Å². The molecule has 116 valence electrons. The number of carbonyl (C=O) groups excluding carboxylic acids is 1. The monoisotopic (exact) mass is 341 g/mol. The van der Waals surface area contributed by atoms with Crippen LogP contribution in [0.5, 0.6) is 0 Å². The number of nitrogens with zero attached hydrogens (tertiary/aromatic N) is 3. The summed E-state index contributed by atoms with van der Waals surface area (Å²) in [5, 5.41) is 4.69. The Labute approximate surface area is 136 Å². The van der Waals surface area contributed by atoms with E-state index in [0.29, 0.717) is 47.0 Å². The first kappa shape index (κ1) is 15.3. The second-order valence-corrected chi connectivity index (χ2v) is 5.81. The molecule has 1 aliphatic heterocycles. The summed E-state index contributed by atoms with van der Waals surface area (Å²) in [4.78, 5) is 18.4. The van der Waals surface area contributed by atoms with Crippen LogP contribution in [-0.4, -0.2) is 40.6 Å². The number of carbonyl (C=O) groups is 1. The van der Waals surface area contributed by atoms with Crippen LogP contribution in [0.15, 0.2) is 22.7 Å². The minimum atomic E-state index is -0.398. The molecule has 1 aromatic heterocycles. The van der Waals surface area contributed by atoms with Crippen LogP contribution < -0.4 is 0 Å². The van der Waals surface area contributed by atoms with E-state index in [0.717, 1.165) is 0 Å². The average Bonchev–Trinajstić information content (AvgIpc) is 2.92. The van der Waals surface area contributed by atoms with Gasteiger partial charge in [-0.3, -0.25) is 4.79 Å². The number of morpholine rings is 1. The molecule has 2 aromatic rings. The van der Waals surface area contributed by atoms with Crippen molar-refractivity contribution in [3.05, 3.63) is 45.5 Å². The summed E-state index contributed by atoms with van der Waals surface area (Å²) in [6, 6.07) is 4.78. The van der Waals surface area contributed by atoms with Crippen molar-refractivity contribution in [3.8, 4) is 0 Å². The largest absolute Gasteiger partial charge is 0.366 e. The summed E-state index contributed by atoms with van der Waals surface area (Å²) in [7, 11) is 0. The summed E-state index contributed by atoms with van der Waals surface area (Å²) in [6.45, 7) is 2.94. The van der Waals surface area contributed by atoms with Crippen molar-refractivity contribution in [1.82, 2.24) is 15.0 Å². The second kappa shape index (κ2) is 6.24. The molecule has 0 aliphatic carbocycles. The molecule has 0 N–H and O–H groups in total. The van der Waals surface area contributed by atoms with E-state index in [1.807, 2.05) is 0 Å².